The highest BCUT2D eigenvalue weighted by atomic mass is 16.4. The molecule has 6 heterocycles. The number of rotatable bonds is 15. The molecule has 2 aliphatic heterocycles. The fraction of sp³-hybridized carbons (Fsp3) is 0.119. The third-order valence-corrected chi connectivity index (χ3v) is 15.5. The minimum absolute atomic E-state index is 0.0667. The van der Waals surface area contributed by atoms with E-state index >= 15 is 0 Å². The first-order valence-corrected chi connectivity index (χ1v) is 26.7. The van der Waals surface area contributed by atoms with Gasteiger partial charge in [-0.2, -0.15) is 0 Å². The molecule has 0 aliphatic carbocycles. The summed E-state index contributed by atoms with van der Waals surface area (Å²) in [6, 6.07) is 75.2. The molecule has 0 saturated heterocycles. The molecule has 0 N–H and O–H groups in total. The maximum absolute atomic E-state index is 6.96. The van der Waals surface area contributed by atoms with Crippen LogP contribution in [0, 0.1) is 0 Å². The number of fused-ring (bicyclic) bond motifs is 5. The van der Waals surface area contributed by atoms with Gasteiger partial charge in [-0.05, 0) is 156 Å². The summed E-state index contributed by atoms with van der Waals surface area (Å²) in [5.41, 5.74) is 19.6. The van der Waals surface area contributed by atoms with Gasteiger partial charge in [0, 0.05) is 74.9 Å². The molecule has 75 heavy (non-hydrogen) atoms. The van der Waals surface area contributed by atoms with Crippen LogP contribution < -0.4 is 31.1 Å². The van der Waals surface area contributed by atoms with E-state index in [1.165, 1.54) is 49.3 Å². The standard InChI is InChI=1S/C67H55BN6O/c1-3-5-19-46-29-35-62-48(41-46)42-64(75-62)74(63-36-30-47(45-69-63)20-6-4-2)53-43-60-65-61(44-53)71-40-38-55-59(73(51-25-15-9-16-26-51)52-27-17-10-18-28-52)34-32-57(67(55)71)68(65)56-31-33-58(54-37-39-70(60)66(54)56)72(49-21-11-7-12-22-49)50-23-13-8-14-24-50/h7-18,21-45H,3-6,19-20H2,1-2H3. The van der Waals surface area contributed by atoms with Crippen molar-refractivity contribution in [1.82, 2.24) is 14.1 Å². The number of aromatic nitrogens is 3. The van der Waals surface area contributed by atoms with E-state index in [2.05, 4.69) is 263 Å². The van der Waals surface area contributed by atoms with Crippen LogP contribution in [0.3, 0.4) is 0 Å². The molecule has 4 aromatic heterocycles. The van der Waals surface area contributed by atoms with E-state index < -0.39 is 0 Å². The molecule has 0 amide bonds. The fourth-order valence-electron chi connectivity index (χ4n) is 12.0. The van der Waals surface area contributed by atoms with Gasteiger partial charge in [-0.1, -0.05) is 124 Å². The van der Waals surface area contributed by atoms with Crippen LogP contribution in [-0.2, 0) is 12.8 Å². The van der Waals surface area contributed by atoms with Crippen molar-refractivity contribution in [2.75, 3.05) is 14.7 Å². The van der Waals surface area contributed by atoms with E-state index in [1.54, 1.807) is 0 Å². The molecule has 8 heteroatoms. The summed E-state index contributed by atoms with van der Waals surface area (Å²) in [6.07, 6.45) is 13.2. The predicted octanol–water partition coefficient (Wildman–Crippen LogP) is 16.0. The Morgan fingerprint density at radius 2 is 0.960 bits per heavy atom. The third-order valence-electron chi connectivity index (χ3n) is 15.5. The number of hydrogen-bond acceptors (Lipinski definition) is 5. The second kappa shape index (κ2) is 18.5. The average molecular weight is 971 g/mol. The zero-order chi connectivity index (χ0) is 50.0. The highest BCUT2D eigenvalue weighted by molar-refractivity contribution is 7.00. The van der Waals surface area contributed by atoms with Crippen molar-refractivity contribution in [2.24, 2.45) is 0 Å². The summed E-state index contributed by atoms with van der Waals surface area (Å²) in [7, 11) is 0. The van der Waals surface area contributed by atoms with Crippen molar-refractivity contribution >= 4 is 107 Å². The monoisotopic (exact) mass is 970 g/mol. The number of para-hydroxylation sites is 4. The van der Waals surface area contributed by atoms with Crippen molar-refractivity contribution < 1.29 is 4.42 Å². The molecule has 2 aliphatic rings. The Morgan fingerprint density at radius 1 is 0.467 bits per heavy atom. The molecule has 0 saturated carbocycles. The van der Waals surface area contributed by atoms with Gasteiger partial charge >= 0.3 is 0 Å². The predicted molar refractivity (Wildman–Crippen MR) is 314 cm³/mol. The number of furan rings is 1. The number of unbranched alkanes of at least 4 members (excludes halogenated alkanes) is 2. The summed E-state index contributed by atoms with van der Waals surface area (Å²) in [6.45, 7) is 4.43. The highest BCUT2D eigenvalue weighted by Gasteiger charge is 2.41. The summed E-state index contributed by atoms with van der Waals surface area (Å²) in [5.74, 6) is 1.53. The molecule has 0 spiro atoms. The molecule has 0 atom stereocenters. The second-order valence-electron chi connectivity index (χ2n) is 20.1. The molecular formula is C67H55BN6O. The number of aryl methyl sites for hydroxylation is 2. The maximum atomic E-state index is 6.96. The quantitative estimate of drug-likeness (QED) is 0.0958. The van der Waals surface area contributed by atoms with Gasteiger partial charge < -0.3 is 23.4 Å². The lowest BCUT2D eigenvalue weighted by molar-refractivity contribution is 0.619. The molecule has 362 valence electrons. The minimum Gasteiger partial charge on any atom is -0.440 e. The first kappa shape index (κ1) is 44.7. The number of anilines is 9. The van der Waals surface area contributed by atoms with Crippen molar-refractivity contribution in [3.63, 3.8) is 0 Å². The Morgan fingerprint density at radius 3 is 1.44 bits per heavy atom. The molecule has 0 radical (unpaired) electrons. The molecule has 0 bridgehead atoms. The van der Waals surface area contributed by atoms with Gasteiger partial charge in [-0.15, -0.1) is 0 Å². The largest absolute Gasteiger partial charge is 0.440 e. The third kappa shape index (κ3) is 7.46. The highest BCUT2D eigenvalue weighted by Crippen LogP contribution is 2.46. The summed E-state index contributed by atoms with van der Waals surface area (Å²) < 4.78 is 11.9. The Kier molecular flexibility index (Phi) is 11.0. The van der Waals surface area contributed by atoms with Crippen molar-refractivity contribution in [1.29, 1.82) is 0 Å². The van der Waals surface area contributed by atoms with Gasteiger partial charge in [-0.25, -0.2) is 4.98 Å². The average Bonchev–Trinajstić information content (AvgIpc) is 4.36. The smallest absolute Gasteiger partial charge is 0.252 e. The minimum atomic E-state index is -0.0667. The normalized spacial score (nSPS) is 12.2. The van der Waals surface area contributed by atoms with Gasteiger partial charge in [0.15, 0.2) is 0 Å². The van der Waals surface area contributed by atoms with Gasteiger partial charge in [0.25, 0.3) is 6.71 Å². The van der Waals surface area contributed by atoms with Crippen LogP contribution in [0.1, 0.15) is 50.7 Å². The van der Waals surface area contributed by atoms with Crippen LogP contribution in [0.2, 0.25) is 0 Å². The zero-order valence-corrected chi connectivity index (χ0v) is 42.3. The van der Waals surface area contributed by atoms with E-state index in [-0.39, 0.29) is 6.71 Å². The Balaban J connectivity index is 1.04. The van der Waals surface area contributed by atoms with E-state index in [4.69, 9.17) is 9.40 Å². The van der Waals surface area contributed by atoms with Crippen LogP contribution in [0.5, 0.6) is 0 Å². The number of nitrogens with zero attached hydrogens (tertiary/aromatic N) is 6. The molecule has 12 aromatic rings. The van der Waals surface area contributed by atoms with Gasteiger partial charge in [0.05, 0.1) is 28.1 Å². The number of hydrogen-bond donors (Lipinski definition) is 0. The molecule has 14 rings (SSSR count). The topological polar surface area (TPSA) is 45.6 Å². The lowest BCUT2D eigenvalue weighted by Crippen LogP contribution is -2.59. The molecule has 8 aromatic carbocycles. The van der Waals surface area contributed by atoms with Crippen molar-refractivity contribution in [3.05, 3.63) is 236 Å². The summed E-state index contributed by atoms with van der Waals surface area (Å²) >= 11 is 0. The lowest BCUT2D eigenvalue weighted by Gasteiger charge is -2.36. The second-order valence-corrected chi connectivity index (χ2v) is 20.1. The molecule has 0 fully saturated rings. The van der Waals surface area contributed by atoms with E-state index in [0.29, 0.717) is 0 Å². The fourth-order valence-corrected chi connectivity index (χ4v) is 12.0. The first-order valence-electron chi connectivity index (χ1n) is 26.7. The first-order chi connectivity index (χ1) is 37.1. The van der Waals surface area contributed by atoms with Crippen LogP contribution in [0.15, 0.2) is 229 Å². The van der Waals surface area contributed by atoms with Crippen molar-refractivity contribution in [2.45, 2.75) is 52.4 Å². The van der Waals surface area contributed by atoms with E-state index in [1.807, 2.05) is 0 Å². The summed E-state index contributed by atoms with van der Waals surface area (Å²) in [5, 5.41) is 3.46. The zero-order valence-electron chi connectivity index (χ0n) is 42.3. The Labute approximate surface area is 438 Å². The number of benzene rings is 8. The van der Waals surface area contributed by atoms with Gasteiger partial charge in [-0.3, -0.25) is 4.90 Å². The van der Waals surface area contributed by atoms with E-state index in [0.717, 1.165) is 112 Å². The SMILES string of the molecule is CCCCc1ccc(N(c2cc3c4c(c2)-n2ccc5c(N(c6ccccc6)c6ccccc6)ccc(c52)B4c2ccc(N(c4ccccc4)c4ccccc4)c4ccn-3c24)c2cc3cc(CCCC)ccc3o2)nc1. The molecule has 0 unspecified atom stereocenters. The van der Waals surface area contributed by atoms with Crippen LogP contribution in [0.25, 0.3) is 44.1 Å². The van der Waals surface area contributed by atoms with Crippen LogP contribution >= 0.6 is 0 Å². The lowest BCUT2D eigenvalue weighted by atomic mass is 9.34. The van der Waals surface area contributed by atoms with Crippen molar-refractivity contribution in [3.8, 4) is 11.4 Å². The van der Waals surface area contributed by atoms with Gasteiger partial charge in [0.2, 0.25) is 5.88 Å². The Bertz CT molecular complexity index is 3780. The number of pyridine rings is 1. The Hall–Kier alpha value is -9.01. The van der Waals surface area contributed by atoms with Crippen LogP contribution in [-0.4, -0.2) is 20.8 Å². The maximum Gasteiger partial charge on any atom is 0.252 e. The summed E-state index contributed by atoms with van der Waals surface area (Å²) in [4.78, 5) is 12.3. The van der Waals surface area contributed by atoms with E-state index in [9.17, 15) is 0 Å². The van der Waals surface area contributed by atoms with Gasteiger partial charge in [0.1, 0.15) is 11.4 Å². The van der Waals surface area contributed by atoms with Crippen LogP contribution in [0.4, 0.5) is 51.5 Å². The molecular weight excluding hydrogens is 916 g/mol. The molecule has 7 nitrogen and oxygen atoms in total.